The van der Waals surface area contributed by atoms with Crippen LogP contribution in [0.25, 0.3) is 0 Å². The SMILES string of the molecule is Cc1cccc(NC(=O)Nc2c(C)nc(N(C)C)nc2C)c1C. The fourth-order valence-corrected chi connectivity index (χ4v) is 2.23. The number of benzene rings is 1. The van der Waals surface area contributed by atoms with Gasteiger partial charge in [0, 0.05) is 19.8 Å². The van der Waals surface area contributed by atoms with E-state index in [4.69, 9.17) is 0 Å². The number of carbonyl (C=O) groups is 1. The molecule has 0 spiro atoms. The van der Waals surface area contributed by atoms with Gasteiger partial charge in [0.25, 0.3) is 0 Å². The van der Waals surface area contributed by atoms with Crippen molar-refractivity contribution < 1.29 is 4.79 Å². The van der Waals surface area contributed by atoms with Gasteiger partial charge in [-0.05, 0) is 44.9 Å². The highest BCUT2D eigenvalue weighted by molar-refractivity contribution is 6.01. The zero-order valence-electron chi connectivity index (χ0n) is 14.5. The van der Waals surface area contributed by atoms with Crippen LogP contribution in [-0.4, -0.2) is 30.1 Å². The molecule has 0 bridgehead atoms. The van der Waals surface area contributed by atoms with Crippen molar-refractivity contribution in [2.75, 3.05) is 29.6 Å². The monoisotopic (exact) mass is 313 g/mol. The maximum Gasteiger partial charge on any atom is 0.323 e. The minimum atomic E-state index is -0.300. The van der Waals surface area contributed by atoms with Crippen molar-refractivity contribution in [2.24, 2.45) is 0 Å². The molecule has 2 amide bonds. The molecule has 0 saturated carbocycles. The van der Waals surface area contributed by atoms with Gasteiger partial charge in [-0.15, -0.1) is 0 Å². The third-order valence-electron chi connectivity index (χ3n) is 3.75. The van der Waals surface area contributed by atoms with Crippen molar-refractivity contribution in [1.82, 2.24) is 9.97 Å². The van der Waals surface area contributed by atoms with Crippen LogP contribution in [-0.2, 0) is 0 Å². The Morgan fingerprint density at radius 2 is 1.61 bits per heavy atom. The van der Waals surface area contributed by atoms with E-state index in [1.165, 1.54) is 0 Å². The van der Waals surface area contributed by atoms with E-state index in [2.05, 4.69) is 20.6 Å². The van der Waals surface area contributed by atoms with E-state index < -0.39 is 0 Å². The summed E-state index contributed by atoms with van der Waals surface area (Å²) in [5.41, 5.74) is 5.08. The third-order valence-corrected chi connectivity index (χ3v) is 3.75. The van der Waals surface area contributed by atoms with Gasteiger partial charge in [0.2, 0.25) is 5.95 Å². The number of aryl methyl sites for hydroxylation is 3. The summed E-state index contributed by atoms with van der Waals surface area (Å²) in [6.07, 6.45) is 0. The number of rotatable bonds is 3. The van der Waals surface area contributed by atoms with Crippen LogP contribution in [0.1, 0.15) is 22.5 Å². The standard InChI is InChI=1S/C17H23N5O/c1-10-8-7-9-14(11(10)2)20-17(23)21-15-12(3)18-16(22(5)6)19-13(15)4/h7-9H,1-6H3,(H2,20,21,23). The number of hydrogen-bond donors (Lipinski definition) is 2. The Kier molecular flexibility index (Phi) is 4.83. The lowest BCUT2D eigenvalue weighted by Gasteiger charge is -2.16. The number of nitrogens with zero attached hydrogens (tertiary/aromatic N) is 3. The summed E-state index contributed by atoms with van der Waals surface area (Å²) >= 11 is 0. The average molecular weight is 313 g/mol. The Morgan fingerprint density at radius 3 is 2.17 bits per heavy atom. The summed E-state index contributed by atoms with van der Waals surface area (Å²) in [7, 11) is 3.77. The van der Waals surface area contributed by atoms with Crippen LogP contribution in [0.2, 0.25) is 0 Å². The van der Waals surface area contributed by atoms with Crippen LogP contribution >= 0.6 is 0 Å². The number of amides is 2. The number of hydrogen-bond acceptors (Lipinski definition) is 4. The minimum absolute atomic E-state index is 0.300. The van der Waals surface area contributed by atoms with Crippen LogP contribution in [0.3, 0.4) is 0 Å². The van der Waals surface area contributed by atoms with E-state index in [1.807, 2.05) is 64.9 Å². The lowest BCUT2D eigenvalue weighted by atomic mass is 10.1. The van der Waals surface area contributed by atoms with E-state index in [-0.39, 0.29) is 6.03 Å². The smallest absolute Gasteiger partial charge is 0.323 e. The van der Waals surface area contributed by atoms with Gasteiger partial charge in [0.15, 0.2) is 0 Å². The first kappa shape index (κ1) is 16.7. The lowest BCUT2D eigenvalue weighted by molar-refractivity contribution is 0.262. The van der Waals surface area contributed by atoms with Gasteiger partial charge in [-0.3, -0.25) is 0 Å². The average Bonchev–Trinajstić information content (AvgIpc) is 2.47. The molecule has 0 saturated heterocycles. The van der Waals surface area contributed by atoms with Crippen LogP contribution in [0.4, 0.5) is 22.1 Å². The molecule has 6 nitrogen and oxygen atoms in total. The molecule has 2 aromatic rings. The molecule has 6 heteroatoms. The van der Waals surface area contributed by atoms with Gasteiger partial charge in [-0.1, -0.05) is 12.1 Å². The lowest BCUT2D eigenvalue weighted by Crippen LogP contribution is -2.23. The molecule has 0 atom stereocenters. The number of aromatic nitrogens is 2. The van der Waals surface area contributed by atoms with Crippen molar-refractivity contribution in [3.05, 3.63) is 40.7 Å². The van der Waals surface area contributed by atoms with Gasteiger partial charge >= 0.3 is 6.03 Å². The number of anilines is 3. The Morgan fingerprint density at radius 1 is 1.00 bits per heavy atom. The maximum absolute atomic E-state index is 12.3. The van der Waals surface area contributed by atoms with E-state index in [1.54, 1.807) is 0 Å². The van der Waals surface area contributed by atoms with Crippen LogP contribution < -0.4 is 15.5 Å². The molecule has 0 fully saturated rings. The first-order valence-corrected chi connectivity index (χ1v) is 7.46. The first-order chi connectivity index (χ1) is 10.8. The molecule has 23 heavy (non-hydrogen) atoms. The minimum Gasteiger partial charge on any atom is -0.347 e. The summed E-state index contributed by atoms with van der Waals surface area (Å²) in [4.78, 5) is 22.9. The Bertz CT molecular complexity index is 717. The molecular weight excluding hydrogens is 290 g/mol. The highest BCUT2D eigenvalue weighted by atomic mass is 16.2. The summed E-state index contributed by atoms with van der Waals surface area (Å²) in [6.45, 7) is 7.71. The summed E-state index contributed by atoms with van der Waals surface area (Å²) < 4.78 is 0. The molecule has 1 aromatic carbocycles. The van der Waals surface area contributed by atoms with E-state index >= 15 is 0 Å². The highest BCUT2D eigenvalue weighted by Gasteiger charge is 2.13. The van der Waals surface area contributed by atoms with Crippen molar-refractivity contribution >= 4 is 23.4 Å². The van der Waals surface area contributed by atoms with Crippen LogP contribution in [0.5, 0.6) is 0 Å². The largest absolute Gasteiger partial charge is 0.347 e. The molecule has 122 valence electrons. The summed E-state index contributed by atoms with van der Waals surface area (Å²) in [5.74, 6) is 0.625. The van der Waals surface area contributed by atoms with Crippen molar-refractivity contribution in [1.29, 1.82) is 0 Å². The molecule has 0 aliphatic carbocycles. The van der Waals surface area contributed by atoms with Crippen LogP contribution in [0.15, 0.2) is 18.2 Å². The quantitative estimate of drug-likeness (QED) is 0.911. The predicted molar refractivity (Wildman–Crippen MR) is 94.4 cm³/mol. The van der Waals surface area contributed by atoms with E-state index in [0.29, 0.717) is 11.6 Å². The zero-order chi connectivity index (χ0) is 17.1. The first-order valence-electron chi connectivity index (χ1n) is 7.46. The molecule has 0 unspecified atom stereocenters. The van der Waals surface area contributed by atoms with E-state index in [0.717, 1.165) is 28.2 Å². The van der Waals surface area contributed by atoms with Gasteiger partial charge in [0.1, 0.15) is 0 Å². The number of urea groups is 1. The molecule has 0 radical (unpaired) electrons. The molecular formula is C17H23N5O. The summed E-state index contributed by atoms with van der Waals surface area (Å²) in [5, 5.41) is 5.72. The molecule has 2 N–H and O–H groups in total. The van der Waals surface area contributed by atoms with Gasteiger partial charge in [-0.2, -0.15) is 0 Å². The second kappa shape index (κ2) is 6.64. The van der Waals surface area contributed by atoms with E-state index in [9.17, 15) is 4.79 Å². The summed E-state index contributed by atoms with van der Waals surface area (Å²) in [6, 6.07) is 5.52. The predicted octanol–water partition coefficient (Wildman–Crippen LogP) is 3.42. The maximum atomic E-state index is 12.3. The van der Waals surface area contributed by atoms with Crippen molar-refractivity contribution in [3.8, 4) is 0 Å². The normalized spacial score (nSPS) is 10.3. The molecule has 1 aromatic heterocycles. The van der Waals surface area contributed by atoms with Gasteiger partial charge in [0.05, 0.1) is 17.1 Å². The van der Waals surface area contributed by atoms with Gasteiger partial charge < -0.3 is 15.5 Å². The van der Waals surface area contributed by atoms with Crippen molar-refractivity contribution in [3.63, 3.8) is 0 Å². The second-order valence-electron chi connectivity index (χ2n) is 5.79. The fourth-order valence-electron chi connectivity index (χ4n) is 2.23. The fraction of sp³-hybridized carbons (Fsp3) is 0.353. The van der Waals surface area contributed by atoms with Crippen LogP contribution in [0, 0.1) is 27.7 Å². The molecule has 2 rings (SSSR count). The zero-order valence-corrected chi connectivity index (χ0v) is 14.5. The number of carbonyl (C=O) groups excluding carboxylic acids is 1. The molecule has 0 aliphatic heterocycles. The molecule has 0 aliphatic rings. The second-order valence-corrected chi connectivity index (χ2v) is 5.79. The Hall–Kier alpha value is -2.63. The number of nitrogens with one attached hydrogen (secondary N) is 2. The Balaban J connectivity index is 2.19. The third kappa shape index (κ3) is 3.77. The topological polar surface area (TPSA) is 70.2 Å². The highest BCUT2D eigenvalue weighted by Crippen LogP contribution is 2.21. The van der Waals surface area contributed by atoms with Crippen molar-refractivity contribution in [2.45, 2.75) is 27.7 Å². The molecule has 1 heterocycles. The van der Waals surface area contributed by atoms with Gasteiger partial charge in [-0.25, -0.2) is 14.8 Å². The Labute approximate surface area is 137 Å².